The molecule has 0 bridgehead atoms. The molecule has 2 aromatic rings. The normalized spacial score (nSPS) is 12.3. The largest absolute Gasteiger partial charge is 0.449 e. The summed E-state index contributed by atoms with van der Waals surface area (Å²) in [6, 6.07) is 16.6. The molecule has 0 atom stereocenters. The molecular formula is C34H51NO11. The molecule has 0 unspecified atom stereocenters. The number of nitrogens with one attached hydrogen (secondary N) is 1. The molecule has 2 aromatic carbocycles. The van der Waals surface area contributed by atoms with Crippen LogP contribution in [0.15, 0.2) is 48.5 Å². The highest BCUT2D eigenvalue weighted by molar-refractivity contribution is 5.79. The quantitative estimate of drug-likeness (QED) is 0.126. The van der Waals surface area contributed by atoms with Crippen molar-refractivity contribution < 1.29 is 52.5 Å². The maximum atomic E-state index is 12.2. The molecule has 1 aliphatic rings. The number of amides is 1. The standard InChI is InChI=1S/C34H51NO11/c36-11-13-39-15-17-41-19-21-43-23-25-45-27-26-44-24-22-42-20-18-40-16-14-38-12-5-10-35-34(37)46-28-33-31-8-3-1-6-29(31)30-7-2-4-9-32(30)33/h1-4,6-9,33,36H,5,10-28H2,(H,35,37). The third kappa shape index (κ3) is 15.8. The smallest absolute Gasteiger partial charge is 0.407 e. The van der Waals surface area contributed by atoms with Crippen LogP contribution < -0.4 is 5.32 Å². The van der Waals surface area contributed by atoms with E-state index in [9.17, 15) is 4.79 Å². The Morgan fingerprint density at radius 3 is 1.33 bits per heavy atom. The number of ether oxygens (including phenoxy) is 9. The first-order valence-electron chi connectivity index (χ1n) is 16.1. The fraction of sp³-hybridized carbons (Fsp3) is 0.618. The molecule has 1 aliphatic carbocycles. The summed E-state index contributed by atoms with van der Waals surface area (Å²) < 4.78 is 48.8. The van der Waals surface area contributed by atoms with Crippen LogP contribution in [0.5, 0.6) is 0 Å². The molecular weight excluding hydrogens is 598 g/mol. The maximum Gasteiger partial charge on any atom is 0.407 e. The Hall–Kier alpha value is -2.65. The van der Waals surface area contributed by atoms with Crippen molar-refractivity contribution in [3.05, 3.63) is 59.7 Å². The van der Waals surface area contributed by atoms with Crippen molar-refractivity contribution in [1.82, 2.24) is 5.32 Å². The number of benzene rings is 2. The van der Waals surface area contributed by atoms with Gasteiger partial charge in [-0.2, -0.15) is 0 Å². The Balaban J connectivity index is 1.00. The highest BCUT2D eigenvalue weighted by atomic mass is 16.6. The maximum absolute atomic E-state index is 12.2. The first-order chi connectivity index (χ1) is 22.8. The van der Waals surface area contributed by atoms with Gasteiger partial charge in [-0.25, -0.2) is 4.79 Å². The first-order valence-corrected chi connectivity index (χ1v) is 16.1. The predicted octanol–water partition coefficient (Wildman–Crippen LogP) is 3.04. The molecule has 0 aromatic heterocycles. The fourth-order valence-electron chi connectivity index (χ4n) is 4.72. The van der Waals surface area contributed by atoms with Crippen molar-refractivity contribution in [3.8, 4) is 11.1 Å². The highest BCUT2D eigenvalue weighted by Crippen LogP contribution is 2.44. The molecule has 0 fully saturated rings. The van der Waals surface area contributed by atoms with E-state index in [1.807, 2.05) is 24.3 Å². The Bertz CT molecular complexity index is 1010. The van der Waals surface area contributed by atoms with E-state index < -0.39 is 6.09 Å². The highest BCUT2D eigenvalue weighted by Gasteiger charge is 2.28. The molecule has 1 amide bonds. The Morgan fingerprint density at radius 2 is 0.913 bits per heavy atom. The second-order valence-corrected chi connectivity index (χ2v) is 10.2. The zero-order valence-electron chi connectivity index (χ0n) is 26.9. The van der Waals surface area contributed by atoms with Gasteiger partial charge in [-0.15, -0.1) is 0 Å². The molecule has 0 spiro atoms. The summed E-state index contributed by atoms with van der Waals surface area (Å²) in [7, 11) is 0. The number of carbonyl (C=O) groups is 1. The van der Waals surface area contributed by atoms with E-state index in [0.29, 0.717) is 125 Å². The second kappa shape index (κ2) is 25.4. The van der Waals surface area contributed by atoms with Crippen LogP contribution in [-0.4, -0.2) is 137 Å². The molecule has 3 rings (SSSR count). The zero-order valence-corrected chi connectivity index (χ0v) is 26.9. The Labute approximate surface area is 272 Å². The first kappa shape index (κ1) is 37.8. The van der Waals surface area contributed by atoms with E-state index >= 15 is 0 Å². The number of hydrogen-bond acceptors (Lipinski definition) is 11. The summed E-state index contributed by atoms with van der Waals surface area (Å²) in [5.41, 5.74) is 4.81. The summed E-state index contributed by atoms with van der Waals surface area (Å²) >= 11 is 0. The van der Waals surface area contributed by atoms with Gasteiger partial charge < -0.3 is 53.1 Å². The van der Waals surface area contributed by atoms with Gasteiger partial charge in [0.1, 0.15) is 6.61 Å². The van der Waals surface area contributed by atoms with Gasteiger partial charge in [0.25, 0.3) is 0 Å². The van der Waals surface area contributed by atoms with Gasteiger partial charge in [-0.1, -0.05) is 48.5 Å². The monoisotopic (exact) mass is 649 g/mol. The SMILES string of the molecule is O=C(NCCCOCCOCCOCCOCCOCCOCCOCCOCCO)OCC1c2ccccc2-c2ccccc21. The predicted molar refractivity (Wildman–Crippen MR) is 171 cm³/mol. The lowest BCUT2D eigenvalue weighted by atomic mass is 9.98. The summed E-state index contributed by atoms with van der Waals surface area (Å²) in [4.78, 5) is 12.2. The molecule has 0 aliphatic heterocycles. The second-order valence-electron chi connectivity index (χ2n) is 10.2. The van der Waals surface area contributed by atoms with E-state index in [1.165, 1.54) is 22.3 Å². The van der Waals surface area contributed by atoms with Gasteiger partial charge in [-0.05, 0) is 28.7 Å². The lowest BCUT2D eigenvalue weighted by Gasteiger charge is -2.14. The van der Waals surface area contributed by atoms with E-state index in [1.54, 1.807) is 0 Å². The number of rotatable bonds is 29. The van der Waals surface area contributed by atoms with Gasteiger partial charge in [0.2, 0.25) is 0 Å². The van der Waals surface area contributed by atoms with Crippen molar-refractivity contribution in [2.45, 2.75) is 12.3 Å². The minimum Gasteiger partial charge on any atom is -0.449 e. The summed E-state index contributed by atoms with van der Waals surface area (Å²) in [6.07, 6.45) is 0.272. The molecule has 0 saturated heterocycles. The number of aliphatic hydroxyl groups excluding tert-OH is 1. The van der Waals surface area contributed by atoms with Crippen LogP contribution in [0.25, 0.3) is 11.1 Å². The van der Waals surface area contributed by atoms with Gasteiger partial charge >= 0.3 is 6.09 Å². The molecule has 46 heavy (non-hydrogen) atoms. The molecule has 0 heterocycles. The van der Waals surface area contributed by atoms with E-state index in [2.05, 4.69) is 29.6 Å². The van der Waals surface area contributed by atoms with Crippen LogP contribution in [0.1, 0.15) is 23.5 Å². The zero-order chi connectivity index (χ0) is 32.3. The van der Waals surface area contributed by atoms with E-state index in [4.69, 9.17) is 47.7 Å². The minimum atomic E-state index is -0.415. The van der Waals surface area contributed by atoms with Crippen LogP contribution in [0.3, 0.4) is 0 Å². The summed E-state index contributed by atoms with van der Waals surface area (Å²) in [5, 5.41) is 11.4. The number of alkyl carbamates (subject to hydrolysis) is 1. The van der Waals surface area contributed by atoms with Crippen LogP contribution in [0, 0.1) is 0 Å². The molecule has 12 heteroatoms. The van der Waals surface area contributed by atoms with Gasteiger partial charge in [0.15, 0.2) is 0 Å². The van der Waals surface area contributed by atoms with Crippen molar-refractivity contribution in [2.75, 3.05) is 125 Å². The lowest BCUT2D eigenvalue weighted by Crippen LogP contribution is -2.27. The number of fused-ring (bicyclic) bond motifs is 3. The van der Waals surface area contributed by atoms with Gasteiger partial charge in [0, 0.05) is 19.1 Å². The van der Waals surface area contributed by atoms with Gasteiger partial charge in [0.05, 0.1) is 106 Å². The fourth-order valence-corrected chi connectivity index (χ4v) is 4.72. The third-order valence-electron chi connectivity index (χ3n) is 6.92. The van der Waals surface area contributed by atoms with Crippen molar-refractivity contribution in [2.24, 2.45) is 0 Å². The molecule has 2 N–H and O–H groups in total. The van der Waals surface area contributed by atoms with Crippen molar-refractivity contribution in [3.63, 3.8) is 0 Å². The average molecular weight is 650 g/mol. The minimum absolute atomic E-state index is 0.0221. The third-order valence-corrected chi connectivity index (χ3v) is 6.92. The van der Waals surface area contributed by atoms with Gasteiger partial charge in [-0.3, -0.25) is 0 Å². The van der Waals surface area contributed by atoms with E-state index in [-0.39, 0.29) is 12.5 Å². The topological polar surface area (TPSA) is 132 Å². The molecule has 258 valence electrons. The summed E-state index contributed by atoms with van der Waals surface area (Å²) in [5.74, 6) is 0.0519. The average Bonchev–Trinajstić information content (AvgIpc) is 3.40. The van der Waals surface area contributed by atoms with Crippen LogP contribution in [0.4, 0.5) is 4.79 Å². The number of hydrogen-bond donors (Lipinski definition) is 2. The Morgan fingerprint density at radius 1 is 0.543 bits per heavy atom. The number of aliphatic hydroxyl groups is 1. The number of carbonyl (C=O) groups excluding carboxylic acids is 1. The van der Waals surface area contributed by atoms with Crippen LogP contribution in [-0.2, 0) is 42.6 Å². The molecule has 0 saturated carbocycles. The summed E-state index contributed by atoms with van der Waals surface area (Å²) in [6.45, 7) is 8.52. The van der Waals surface area contributed by atoms with E-state index in [0.717, 1.165) is 0 Å². The lowest BCUT2D eigenvalue weighted by molar-refractivity contribution is -0.0238. The molecule has 12 nitrogen and oxygen atoms in total. The van der Waals surface area contributed by atoms with Crippen molar-refractivity contribution in [1.29, 1.82) is 0 Å². The van der Waals surface area contributed by atoms with Crippen molar-refractivity contribution >= 4 is 6.09 Å². The Kier molecular flexibility index (Phi) is 20.9. The van der Waals surface area contributed by atoms with Crippen LogP contribution >= 0.6 is 0 Å². The van der Waals surface area contributed by atoms with Crippen LogP contribution in [0.2, 0.25) is 0 Å². The molecule has 0 radical (unpaired) electrons.